The Bertz CT molecular complexity index is 803. The third-order valence-electron chi connectivity index (χ3n) is 2.90. The minimum atomic E-state index is -2.47. The lowest BCUT2D eigenvalue weighted by Crippen LogP contribution is -2.12. The van der Waals surface area contributed by atoms with Crippen LogP contribution in [0.1, 0.15) is 11.3 Å². The molecular formula is C12H9F2N3OS. The van der Waals surface area contributed by atoms with Crippen LogP contribution in [0.4, 0.5) is 8.78 Å². The molecule has 98 valence electrons. The predicted molar refractivity (Wildman–Crippen MR) is 69.6 cm³/mol. The van der Waals surface area contributed by atoms with Crippen molar-refractivity contribution in [3.05, 3.63) is 39.1 Å². The Hall–Kier alpha value is -2.02. The van der Waals surface area contributed by atoms with E-state index in [1.165, 1.54) is 10.6 Å². The van der Waals surface area contributed by atoms with E-state index in [4.69, 9.17) is 0 Å². The summed E-state index contributed by atoms with van der Waals surface area (Å²) in [6.07, 6.45) is -0.889. The summed E-state index contributed by atoms with van der Waals surface area (Å²) in [7, 11) is 1.62. The average molecular weight is 281 g/mol. The fraction of sp³-hybridized carbons (Fsp3) is 0.167. The van der Waals surface area contributed by atoms with Gasteiger partial charge in [0.1, 0.15) is 0 Å². The summed E-state index contributed by atoms with van der Waals surface area (Å²) in [6.45, 7) is 0. The highest BCUT2D eigenvalue weighted by Crippen LogP contribution is 2.31. The number of nitrogens with one attached hydrogen (secondary N) is 1. The van der Waals surface area contributed by atoms with Gasteiger partial charge in [-0.2, -0.15) is 0 Å². The van der Waals surface area contributed by atoms with E-state index in [1.54, 1.807) is 24.7 Å². The number of hydrogen-bond acceptors (Lipinski definition) is 3. The van der Waals surface area contributed by atoms with Crippen LogP contribution in [-0.4, -0.2) is 14.5 Å². The third-order valence-corrected chi connectivity index (χ3v) is 3.84. The molecule has 3 aromatic heterocycles. The number of alkyl halides is 2. The second kappa shape index (κ2) is 4.27. The lowest BCUT2D eigenvalue weighted by Gasteiger charge is -1.98. The average Bonchev–Trinajstić information content (AvgIpc) is 2.96. The number of nitrogens with zero attached hydrogens (tertiary/aromatic N) is 2. The monoisotopic (exact) mass is 281 g/mol. The van der Waals surface area contributed by atoms with Gasteiger partial charge in [-0.15, -0.1) is 11.3 Å². The van der Waals surface area contributed by atoms with Gasteiger partial charge >= 0.3 is 5.69 Å². The zero-order valence-corrected chi connectivity index (χ0v) is 10.7. The van der Waals surface area contributed by atoms with E-state index in [0.717, 1.165) is 11.3 Å². The minimum Gasteiger partial charge on any atom is -0.304 e. The Morgan fingerprint density at radius 2 is 2.16 bits per heavy atom. The Kier molecular flexibility index (Phi) is 2.70. The van der Waals surface area contributed by atoms with E-state index in [0.29, 0.717) is 22.3 Å². The third kappa shape index (κ3) is 1.95. The highest BCUT2D eigenvalue weighted by atomic mass is 32.1. The van der Waals surface area contributed by atoms with Crippen molar-refractivity contribution in [2.24, 2.45) is 7.05 Å². The minimum absolute atomic E-state index is 0.0247. The number of rotatable bonds is 2. The highest BCUT2D eigenvalue weighted by Gasteiger charge is 2.12. The van der Waals surface area contributed by atoms with Gasteiger partial charge < -0.3 is 4.98 Å². The molecule has 0 fully saturated rings. The summed E-state index contributed by atoms with van der Waals surface area (Å²) in [5.74, 6) is 0. The molecule has 1 N–H and O–H groups in total. The number of fused-ring (bicyclic) bond motifs is 1. The maximum Gasteiger partial charge on any atom is 0.327 e. The van der Waals surface area contributed by atoms with Crippen molar-refractivity contribution in [3.8, 4) is 11.1 Å². The van der Waals surface area contributed by atoms with Crippen molar-refractivity contribution >= 4 is 22.5 Å². The predicted octanol–water partition coefficient (Wildman–Crippen LogP) is 2.93. The lowest BCUT2D eigenvalue weighted by molar-refractivity contribution is 0.155. The second-order valence-electron chi connectivity index (χ2n) is 4.12. The molecule has 3 aromatic rings. The quantitative estimate of drug-likeness (QED) is 0.785. The first-order chi connectivity index (χ1) is 9.06. The molecule has 0 spiro atoms. The number of halogens is 2. The van der Waals surface area contributed by atoms with Crippen LogP contribution in [-0.2, 0) is 7.05 Å². The largest absolute Gasteiger partial charge is 0.327 e. The van der Waals surface area contributed by atoms with E-state index in [2.05, 4.69) is 9.97 Å². The van der Waals surface area contributed by atoms with Gasteiger partial charge in [0.15, 0.2) is 5.65 Å². The summed E-state index contributed by atoms with van der Waals surface area (Å²) in [6, 6.07) is 3.18. The van der Waals surface area contributed by atoms with E-state index < -0.39 is 6.43 Å². The Morgan fingerprint density at radius 1 is 1.37 bits per heavy atom. The lowest BCUT2D eigenvalue weighted by atomic mass is 10.1. The van der Waals surface area contributed by atoms with Crippen LogP contribution in [0.3, 0.4) is 0 Å². The number of H-pyrrole nitrogens is 1. The van der Waals surface area contributed by atoms with Crippen molar-refractivity contribution < 1.29 is 8.78 Å². The highest BCUT2D eigenvalue weighted by molar-refractivity contribution is 7.10. The molecule has 3 heterocycles. The van der Waals surface area contributed by atoms with Gasteiger partial charge in [0.2, 0.25) is 0 Å². The van der Waals surface area contributed by atoms with Crippen LogP contribution >= 0.6 is 11.3 Å². The van der Waals surface area contributed by atoms with Crippen molar-refractivity contribution in [2.45, 2.75) is 6.43 Å². The summed E-state index contributed by atoms with van der Waals surface area (Å²) in [5.41, 5.74) is 2.27. The number of aromatic amines is 1. The van der Waals surface area contributed by atoms with Crippen LogP contribution in [0.5, 0.6) is 0 Å². The number of pyridine rings is 1. The molecule has 0 saturated heterocycles. The summed E-state index contributed by atoms with van der Waals surface area (Å²) >= 11 is 1.01. The van der Waals surface area contributed by atoms with Gasteiger partial charge in [-0.05, 0) is 23.1 Å². The van der Waals surface area contributed by atoms with Gasteiger partial charge in [-0.1, -0.05) is 0 Å². The Morgan fingerprint density at radius 3 is 2.84 bits per heavy atom. The Balaban J connectivity index is 2.12. The summed E-state index contributed by atoms with van der Waals surface area (Å²) in [4.78, 5) is 18.3. The van der Waals surface area contributed by atoms with Crippen LogP contribution in [0.15, 0.2) is 28.5 Å². The first kappa shape index (κ1) is 12.0. The molecule has 0 bridgehead atoms. The van der Waals surface area contributed by atoms with Gasteiger partial charge in [0.05, 0.1) is 10.4 Å². The molecule has 7 heteroatoms. The standard InChI is InChI=1S/C12H9F2N3OS/c1-17-11-8(16-12(17)18)2-6(4-15-11)7-3-9(10(13)14)19-5-7/h2-5,10H,1H3,(H,16,18). The first-order valence-corrected chi connectivity index (χ1v) is 6.36. The molecule has 4 nitrogen and oxygen atoms in total. The first-order valence-electron chi connectivity index (χ1n) is 5.48. The normalized spacial score (nSPS) is 11.6. The number of aromatic nitrogens is 3. The fourth-order valence-electron chi connectivity index (χ4n) is 1.89. The molecule has 0 unspecified atom stereocenters. The number of imidazole rings is 1. The SMILES string of the molecule is Cn1c(=O)[nH]c2cc(-c3csc(C(F)F)c3)cnc21. The number of aryl methyl sites for hydroxylation is 1. The molecule has 0 aliphatic heterocycles. The fourth-order valence-corrected chi connectivity index (χ4v) is 2.65. The van der Waals surface area contributed by atoms with Crippen molar-refractivity contribution in [1.82, 2.24) is 14.5 Å². The van der Waals surface area contributed by atoms with E-state index >= 15 is 0 Å². The molecule has 0 atom stereocenters. The van der Waals surface area contributed by atoms with Crippen LogP contribution < -0.4 is 5.69 Å². The van der Waals surface area contributed by atoms with Crippen molar-refractivity contribution in [3.63, 3.8) is 0 Å². The molecular weight excluding hydrogens is 272 g/mol. The Labute approximate surface area is 110 Å². The van der Waals surface area contributed by atoms with Crippen LogP contribution in [0, 0.1) is 0 Å². The smallest absolute Gasteiger partial charge is 0.304 e. The van der Waals surface area contributed by atoms with E-state index in [1.807, 2.05) is 0 Å². The molecule has 19 heavy (non-hydrogen) atoms. The summed E-state index contributed by atoms with van der Waals surface area (Å²) in [5, 5.41) is 1.66. The molecule has 0 amide bonds. The maximum atomic E-state index is 12.5. The van der Waals surface area contributed by atoms with Crippen LogP contribution in [0.2, 0.25) is 0 Å². The molecule has 3 rings (SSSR count). The van der Waals surface area contributed by atoms with E-state index in [9.17, 15) is 13.6 Å². The van der Waals surface area contributed by atoms with Gasteiger partial charge in [-0.3, -0.25) is 4.57 Å². The molecule has 0 radical (unpaired) electrons. The molecule has 0 aromatic carbocycles. The molecule has 0 aliphatic carbocycles. The maximum absolute atomic E-state index is 12.5. The second-order valence-corrected chi connectivity index (χ2v) is 5.07. The zero-order chi connectivity index (χ0) is 13.6. The topological polar surface area (TPSA) is 50.7 Å². The molecule has 0 aliphatic rings. The van der Waals surface area contributed by atoms with Gasteiger partial charge in [-0.25, -0.2) is 18.6 Å². The van der Waals surface area contributed by atoms with E-state index in [-0.39, 0.29) is 10.6 Å². The van der Waals surface area contributed by atoms with Crippen molar-refractivity contribution in [1.29, 1.82) is 0 Å². The number of hydrogen-bond donors (Lipinski definition) is 1. The number of thiophene rings is 1. The van der Waals surface area contributed by atoms with Gasteiger partial charge in [0.25, 0.3) is 6.43 Å². The van der Waals surface area contributed by atoms with Gasteiger partial charge in [0, 0.05) is 18.8 Å². The molecule has 0 saturated carbocycles. The zero-order valence-electron chi connectivity index (χ0n) is 9.85. The van der Waals surface area contributed by atoms with Crippen molar-refractivity contribution in [2.75, 3.05) is 0 Å². The summed E-state index contributed by atoms with van der Waals surface area (Å²) < 4.78 is 26.5. The van der Waals surface area contributed by atoms with Crippen LogP contribution in [0.25, 0.3) is 22.3 Å².